The van der Waals surface area contributed by atoms with Gasteiger partial charge in [0.2, 0.25) is 5.91 Å². The standard InChI is InChI=1S/C19H24N4O2/c1-12-10-21-13(2)18(22-12)15-3-4-17(24)16(9-15)11-23-7-5-14(6-8-23)19(20)25/h3-4,9-10,14,24H,5-8,11H2,1-2H3,(H2,20,25). The summed E-state index contributed by atoms with van der Waals surface area (Å²) in [5.74, 6) is 0.0402. The minimum atomic E-state index is -0.210. The predicted octanol–water partition coefficient (Wildman–Crippen LogP) is 2.16. The first-order valence-corrected chi connectivity index (χ1v) is 8.58. The van der Waals surface area contributed by atoms with Gasteiger partial charge in [0.15, 0.2) is 0 Å². The Morgan fingerprint density at radius 1 is 1.32 bits per heavy atom. The van der Waals surface area contributed by atoms with Gasteiger partial charge in [0.1, 0.15) is 5.75 Å². The van der Waals surface area contributed by atoms with Gasteiger partial charge in [-0.25, -0.2) is 4.98 Å². The van der Waals surface area contributed by atoms with Gasteiger partial charge in [-0.3, -0.25) is 14.7 Å². The van der Waals surface area contributed by atoms with Crippen LogP contribution in [-0.4, -0.2) is 39.0 Å². The van der Waals surface area contributed by atoms with Crippen molar-refractivity contribution in [1.29, 1.82) is 0 Å². The maximum atomic E-state index is 11.3. The fraction of sp³-hybridized carbons (Fsp3) is 0.421. The molecule has 3 N–H and O–H groups in total. The number of aryl methyl sites for hydroxylation is 2. The van der Waals surface area contributed by atoms with Gasteiger partial charge in [0.05, 0.1) is 17.1 Å². The van der Waals surface area contributed by atoms with E-state index in [-0.39, 0.29) is 17.6 Å². The summed E-state index contributed by atoms with van der Waals surface area (Å²) >= 11 is 0. The molecule has 3 rings (SSSR count). The largest absolute Gasteiger partial charge is 0.508 e. The third kappa shape index (κ3) is 3.96. The number of hydrogen-bond donors (Lipinski definition) is 2. The summed E-state index contributed by atoms with van der Waals surface area (Å²) in [4.78, 5) is 22.5. The third-order valence-corrected chi connectivity index (χ3v) is 4.81. The second-order valence-corrected chi connectivity index (χ2v) is 6.74. The van der Waals surface area contributed by atoms with Crippen LogP contribution >= 0.6 is 0 Å². The van der Waals surface area contributed by atoms with Gasteiger partial charge in [-0.1, -0.05) is 0 Å². The Kier molecular flexibility index (Phi) is 4.99. The number of nitrogens with zero attached hydrogens (tertiary/aromatic N) is 3. The summed E-state index contributed by atoms with van der Waals surface area (Å²) in [7, 11) is 0. The van der Waals surface area contributed by atoms with Crippen molar-refractivity contribution in [1.82, 2.24) is 14.9 Å². The van der Waals surface area contributed by atoms with Crippen molar-refractivity contribution in [2.24, 2.45) is 11.7 Å². The topological polar surface area (TPSA) is 92.3 Å². The van der Waals surface area contributed by atoms with Crippen LogP contribution in [0.3, 0.4) is 0 Å². The van der Waals surface area contributed by atoms with E-state index in [1.165, 1.54) is 0 Å². The maximum absolute atomic E-state index is 11.3. The molecular formula is C19H24N4O2. The minimum absolute atomic E-state index is 0.0265. The van der Waals surface area contributed by atoms with Gasteiger partial charge in [0, 0.05) is 29.8 Å². The van der Waals surface area contributed by atoms with Crippen LogP contribution in [0.5, 0.6) is 5.75 Å². The summed E-state index contributed by atoms with van der Waals surface area (Å²) in [5.41, 5.74) is 9.77. The zero-order chi connectivity index (χ0) is 18.0. The summed E-state index contributed by atoms with van der Waals surface area (Å²) in [5, 5.41) is 10.2. The van der Waals surface area contributed by atoms with E-state index in [9.17, 15) is 9.90 Å². The zero-order valence-electron chi connectivity index (χ0n) is 14.7. The van der Waals surface area contributed by atoms with Crippen LogP contribution in [-0.2, 0) is 11.3 Å². The molecule has 0 bridgehead atoms. The van der Waals surface area contributed by atoms with Gasteiger partial charge in [-0.2, -0.15) is 0 Å². The van der Waals surface area contributed by atoms with Crippen molar-refractivity contribution < 1.29 is 9.90 Å². The number of hydrogen-bond acceptors (Lipinski definition) is 5. The average Bonchev–Trinajstić information content (AvgIpc) is 2.59. The van der Waals surface area contributed by atoms with E-state index in [0.29, 0.717) is 6.54 Å². The molecule has 0 spiro atoms. The number of phenols is 1. The van der Waals surface area contributed by atoms with E-state index in [2.05, 4.69) is 14.9 Å². The number of likely N-dealkylation sites (tertiary alicyclic amines) is 1. The number of primary amides is 1. The molecule has 1 saturated heterocycles. The van der Waals surface area contributed by atoms with Gasteiger partial charge >= 0.3 is 0 Å². The highest BCUT2D eigenvalue weighted by atomic mass is 16.3. The number of piperidine rings is 1. The molecule has 6 heteroatoms. The number of aromatic hydroxyl groups is 1. The fourth-order valence-electron chi connectivity index (χ4n) is 3.29. The third-order valence-electron chi connectivity index (χ3n) is 4.81. The quantitative estimate of drug-likeness (QED) is 0.890. The lowest BCUT2D eigenvalue weighted by Crippen LogP contribution is -2.38. The van der Waals surface area contributed by atoms with E-state index in [0.717, 1.165) is 54.1 Å². The van der Waals surface area contributed by atoms with Gasteiger partial charge in [-0.05, 0) is 58.0 Å². The van der Waals surface area contributed by atoms with Gasteiger partial charge in [-0.15, -0.1) is 0 Å². The molecule has 1 aromatic heterocycles. The fourth-order valence-corrected chi connectivity index (χ4v) is 3.29. The highest BCUT2D eigenvalue weighted by Gasteiger charge is 2.23. The lowest BCUT2D eigenvalue weighted by molar-refractivity contribution is -0.123. The Bertz CT molecular complexity index is 783. The molecule has 0 radical (unpaired) electrons. The summed E-state index contributed by atoms with van der Waals surface area (Å²) in [6, 6.07) is 5.56. The zero-order valence-corrected chi connectivity index (χ0v) is 14.7. The number of aromatic nitrogens is 2. The molecule has 25 heavy (non-hydrogen) atoms. The van der Waals surface area contributed by atoms with Crippen molar-refractivity contribution in [3.05, 3.63) is 41.3 Å². The van der Waals surface area contributed by atoms with Crippen LogP contribution in [0.15, 0.2) is 24.4 Å². The van der Waals surface area contributed by atoms with Crippen LogP contribution < -0.4 is 5.73 Å². The number of carbonyl (C=O) groups is 1. The van der Waals surface area contributed by atoms with E-state index >= 15 is 0 Å². The first kappa shape index (κ1) is 17.4. The molecule has 1 aliphatic rings. The molecule has 1 aromatic carbocycles. The van der Waals surface area contributed by atoms with E-state index < -0.39 is 0 Å². The molecule has 1 fully saturated rings. The number of benzene rings is 1. The number of rotatable bonds is 4. The Labute approximate surface area is 147 Å². The van der Waals surface area contributed by atoms with E-state index in [4.69, 9.17) is 5.73 Å². The Balaban J connectivity index is 1.79. The minimum Gasteiger partial charge on any atom is -0.508 e. The smallest absolute Gasteiger partial charge is 0.220 e. The normalized spacial score (nSPS) is 16.1. The summed E-state index contributed by atoms with van der Waals surface area (Å²) in [6.45, 7) is 6.10. The number of nitrogens with two attached hydrogens (primary N) is 1. The highest BCUT2D eigenvalue weighted by molar-refractivity contribution is 5.76. The number of amides is 1. The molecule has 6 nitrogen and oxygen atoms in total. The molecule has 2 heterocycles. The number of phenolic OH excluding ortho intramolecular Hbond substituents is 1. The van der Waals surface area contributed by atoms with Crippen LogP contribution in [0.1, 0.15) is 29.8 Å². The van der Waals surface area contributed by atoms with Crippen LogP contribution in [0.2, 0.25) is 0 Å². The maximum Gasteiger partial charge on any atom is 0.220 e. The summed E-state index contributed by atoms with van der Waals surface area (Å²) < 4.78 is 0. The monoisotopic (exact) mass is 340 g/mol. The first-order chi connectivity index (χ1) is 11.9. The highest BCUT2D eigenvalue weighted by Crippen LogP contribution is 2.28. The van der Waals surface area contributed by atoms with E-state index in [1.807, 2.05) is 26.0 Å². The van der Waals surface area contributed by atoms with Gasteiger partial charge in [0.25, 0.3) is 0 Å². The van der Waals surface area contributed by atoms with E-state index in [1.54, 1.807) is 12.3 Å². The van der Waals surface area contributed by atoms with Gasteiger partial charge < -0.3 is 10.8 Å². The average molecular weight is 340 g/mol. The second-order valence-electron chi connectivity index (χ2n) is 6.74. The Morgan fingerprint density at radius 2 is 2.04 bits per heavy atom. The first-order valence-electron chi connectivity index (χ1n) is 8.58. The van der Waals surface area contributed by atoms with Crippen molar-refractivity contribution in [2.75, 3.05) is 13.1 Å². The summed E-state index contributed by atoms with van der Waals surface area (Å²) in [6.07, 6.45) is 3.31. The van der Waals surface area contributed by atoms with Crippen LogP contribution in [0.4, 0.5) is 0 Å². The molecule has 2 aromatic rings. The van der Waals surface area contributed by atoms with Crippen molar-refractivity contribution >= 4 is 5.91 Å². The Hall–Kier alpha value is -2.47. The SMILES string of the molecule is Cc1cnc(C)c(-c2ccc(O)c(CN3CCC(C(N)=O)CC3)c2)n1. The second kappa shape index (κ2) is 7.19. The van der Waals surface area contributed by atoms with Crippen molar-refractivity contribution in [2.45, 2.75) is 33.2 Å². The molecule has 0 aliphatic carbocycles. The molecule has 1 amide bonds. The molecular weight excluding hydrogens is 316 g/mol. The molecule has 0 saturated carbocycles. The van der Waals surface area contributed by atoms with Crippen LogP contribution in [0, 0.1) is 19.8 Å². The van der Waals surface area contributed by atoms with Crippen molar-refractivity contribution in [3.8, 4) is 17.0 Å². The van der Waals surface area contributed by atoms with Crippen LogP contribution in [0.25, 0.3) is 11.3 Å². The lowest BCUT2D eigenvalue weighted by Gasteiger charge is -2.30. The molecule has 0 atom stereocenters. The molecule has 1 aliphatic heterocycles. The lowest BCUT2D eigenvalue weighted by atomic mass is 9.95. The van der Waals surface area contributed by atoms with Crippen molar-refractivity contribution in [3.63, 3.8) is 0 Å². The Morgan fingerprint density at radius 3 is 2.72 bits per heavy atom. The molecule has 0 unspecified atom stereocenters. The number of carbonyl (C=O) groups excluding carboxylic acids is 1. The predicted molar refractivity (Wildman–Crippen MR) is 95.8 cm³/mol. The molecule has 132 valence electrons.